The number of carbonyl (C=O) groups is 1. The van der Waals surface area contributed by atoms with Crippen molar-refractivity contribution in [3.05, 3.63) is 33.8 Å². The molecule has 0 amide bonds. The van der Waals surface area contributed by atoms with E-state index in [0.717, 1.165) is 12.1 Å². The molecule has 3 N–H and O–H groups in total. The van der Waals surface area contributed by atoms with Gasteiger partial charge in [-0.1, -0.05) is 15.9 Å². The van der Waals surface area contributed by atoms with Gasteiger partial charge in [0.05, 0.1) is 18.1 Å². The number of rotatable bonds is 4. The lowest BCUT2D eigenvalue weighted by Gasteiger charge is -2.17. The summed E-state index contributed by atoms with van der Waals surface area (Å²) in [6.45, 7) is 0. The van der Waals surface area contributed by atoms with Crippen molar-refractivity contribution in [2.45, 2.75) is 18.6 Å². The van der Waals surface area contributed by atoms with Crippen molar-refractivity contribution < 1.29 is 28.9 Å². The van der Waals surface area contributed by atoms with Crippen LogP contribution in [0.5, 0.6) is 0 Å². The van der Waals surface area contributed by atoms with E-state index in [2.05, 4.69) is 15.9 Å². The van der Waals surface area contributed by atoms with Gasteiger partial charge >= 0.3 is 5.97 Å². The minimum Gasteiger partial charge on any atom is -0.481 e. The van der Waals surface area contributed by atoms with Crippen molar-refractivity contribution >= 4 is 21.9 Å². The Balaban J connectivity index is 3.03. The fraction of sp³-hybridized carbons (Fsp3) is 0.300. The Hall–Kier alpha value is -1.05. The second-order valence-corrected chi connectivity index (χ2v) is 4.31. The van der Waals surface area contributed by atoms with E-state index in [0.29, 0.717) is 0 Å². The van der Waals surface area contributed by atoms with Crippen molar-refractivity contribution in [3.63, 3.8) is 0 Å². The molecular formula is C10H9BrF2O4. The number of aliphatic carboxylic acids is 1. The number of aliphatic hydroxyl groups is 2. The van der Waals surface area contributed by atoms with Crippen LogP contribution in [-0.2, 0) is 4.79 Å². The summed E-state index contributed by atoms with van der Waals surface area (Å²) >= 11 is 2.86. The first-order valence-corrected chi connectivity index (χ1v) is 5.34. The predicted molar refractivity (Wildman–Crippen MR) is 57.3 cm³/mol. The summed E-state index contributed by atoms with van der Waals surface area (Å²) in [6, 6.07) is 1.82. The molecule has 1 aromatic carbocycles. The number of carboxylic acids is 1. The zero-order valence-corrected chi connectivity index (χ0v) is 9.99. The molecule has 2 unspecified atom stereocenters. The SMILES string of the molecule is O=C(O)CC(O)C(O)c1c(F)cc(Br)cc1F. The van der Waals surface area contributed by atoms with Crippen LogP contribution in [0.3, 0.4) is 0 Å². The van der Waals surface area contributed by atoms with E-state index in [9.17, 15) is 23.8 Å². The molecule has 1 rings (SSSR count). The van der Waals surface area contributed by atoms with Gasteiger partial charge in [0.2, 0.25) is 0 Å². The van der Waals surface area contributed by atoms with Crippen molar-refractivity contribution in [1.29, 1.82) is 0 Å². The summed E-state index contributed by atoms with van der Waals surface area (Å²) in [4.78, 5) is 10.3. The highest BCUT2D eigenvalue weighted by Gasteiger charge is 2.27. The molecule has 1 aromatic rings. The molecule has 0 radical (unpaired) electrons. The van der Waals surface area contributed by atoms with E-state index in [4.69, 9.17) is 5.11 Å². The van der Waals surface area contributed by atoms with Gasteiger partial charge in [-0.05, 0) is 12.1 Å². The molecule has 0 saturated carbocycles. The van der Waals surface area contributed by atoms with Crippen LogP contribution in [0.1, 0.15) is 18.1 Å². The number of hydrogen-bond donors (Lipinski definition) is 3. The minimum absolute atomic E-state index is 0.135. The average Bonchev–Trinajstić information content (AvgIpc) is 2.14. The summed E-state index contributed by atoms with van der Waals surface area (Å²) in [5.41, 5.74) is -0.748. The molecule has 4 nitrogen and oxygen atoms in total. The first-order chi connectivity index (χ1) is 7.82. The van der Waals surface area contributed by atoms with Crippen LogP contribution in [0.2, 0.25) is 0 Å². The van der Waals surface area contributed by atoms with Gasteiger partial charge in [-0.15, -0.1) is 0 Å². The molecule has 0 aliphatic heterocycles. The molecule has 0 heterocycles. The molecule has 94 valence electrons. The summed E-state index contributed by atoms with van der Waals surface area (Å²) in [5, 5.41) is 27.2. The third-order valence-corrected chi connectivity index (χ3v) is 2.55. The van der Waals surface area contributed by atoms with Crippen LogP contribution in [0, 0.1) is 11.6 Å². The lowest BCUT2D eigenvalue weighted by atomic mass is 10.0. The fourth-order valence-corrected chi connectivity index (χ4v) is 1.72. The molecule has 0 spiro atoms. The molecule has 17 heavy (non-hydrogen) atoms. The quantitative estimate of drug-likeness (QED) is 0.789. The fourth-order valence-electron chi connectivity index (χ4n) is 1.32. The van der Waals surface area contributed by atoms with Gasteiger partial charge in [-0.3, -0.25) is 4.79 Å². The topological polar surface area (TPSA) is 77.8 Å². The van der Waals surface area contributed by atoms with Gasteiger partial charge in [0.25, 0.3) is 0 Å². The monoisotopic (exact) mass is 310 g/mol. The first kappa shape index (κ1) is 14.0. The van der Waals surface area contributed by atoms with Gasteiger partial charge in [-0.2, -0.15) is 0 Å². The molecular weight excluding hydrogens is 302 g/mol. The highest BCUT2D eigenvalue weighted by atomic mass is 79.9. The van der Waals surface area contributed by atoms with Crippen LogP contribution in [0.25, 0.3) is 0 Å². The van der Waals surface area contributed by atoms with Gasteiger partial charge in [0.15, 0.2) is 0 Å². The second kappa shape index (κ2) is 5.52. The van der Waals surface area contributed by atoms with Crippen molar-refractivity contribution in [3.8, 4) is 0 Å². The number of carboxylic acid groups (broad SMARTS) is 1. The Labute approximate surface area is 104 Å². The summed E-state index contributed by atoms with van der Waals surface area (Å²) in [5.74, 6) is -3.50. The lowest BCUT2D eigenvalue weighted by molar-refractivity contribution is -0.141. The highest BCUT2D eigenvalue weighted by Crippen LogP contribution is 2.27. The minimum atomic E-state index is -1.93. The van der Waals surface area contributed by atoms with Crippen LogP contribution >= 0.6 is 15.9 Å². The molecule has 7 heteroatoms. The molecule has 0 fully saturated rings. The third kappa shape index (κ3) is 3.45. The number of halogens is 3. The maximum atomic E-state index is 13.4. The maximum Gasteiger partial charge on any atom is 0.306 e. The zero-order chi connectivity index (χ0) is 13.2. The summed E-state index contributed by atoms with van der Waals surface area (Å²) in [7, 11) is 0. The Morgan fingerprint density at radius 3 is 2.18 bits per heavy atom. The van der Waals surface area contributed by atoms with E-state index in [1.165, 1.54) is 0 Å². The predicted octanol–water partition coefficient (Wildman–Crippen LogP) is 1.60. The van der Waals surface area contributed by atoms with Crippen LogP contribution < -0.4 is 0 Å². The molecule has 0 aliphatic carbocycles. The van der Waals surface area contributed by atoms with E-state index in [1.54, 1.807) is 0 Å². The van der Waals surface area contributed by atoms with Crippen molar-refractivity contribution in [2.24, 2.45) is 0 Å². The first-order valence-electron chi connectivity index (χ1n) is 4.55. The standard InChI is InChI=1S/C10H9BrF2O4/c11-4-1-5(12)9(6(13)2-4)10(17)7(14)3-8(15)16/h1-2,7,10,14,17H,3H2,(H,15,16). The molecule has 0 bridgehead atoms. The van der Waals surface area contributed by atoms with Crippen molar-refractivity contribution in [1.82, 2.24) is 0 Å². The zero-order valence-electron chi connectivity index (χ0n) is 8.40. The van der Waals surface area contributed by atoms with Gasteiger partial charge in [0.1, 0.15) is 17.7 Å². The Morgan fingerprint density at radius 1 is 1.29 bits per heavy atom. The van der Waals surface area contributed by atoms with E-state index < -0.39 is 41.8 Å². The molecule has 0 saturated heterocycles. The number of benzene rings is 1. The van der Waals surface area contributed by atoms with E-state index >= 15 is 0 Å². The van der Waals surface area contributed by atoms with Gasteiger partial charge in [0, 0.05) is 4.47 Å². The van der Waals surface area contributed by atoms with Crippen LogP contribution in [0.4, 0.5) is 8.78 Å². The Bertz CT molecular complexity index is 415. The highest BCUT2D eigenvalue weighted by molar-refractivity contribution is 9.10. The van der Waals surface area contributed by atoms with Gasteiger partial charge in [-0.25, -0.2) is 8.78 Å². The van der Waals surface area contributed by atoms with Crippen LogP contribution in [0.15, 0.2) is 16.6 Å². The van der Waals surface area contributed by atoms with E-state index in [-0.39, 0.29) is 4.47 Å². The van der Waals surface area contributed by atoms with Crippen LogP contribution in [-0.4, -0.2) is 27.4 Å². The Kier molecular flexibility index (Phi) is 4.55. The van der Waals surface area contributed by atoms with Gasteiger partial charge < -0.3 is 15.3 Å². The Morgan fingerprint density at radius 2 is 1.76 bits per heavy atom. The summed E-state index contributed by atoms with van der Waals surface area (Å²) in [6.07, 6.45) is -4.52. The lowest BCUT2D eigenvalue weighted by Crippen LogP contribution is -2.23. The molecule has 2 atom stereocenters. The molecule has 0 aromatic heterocycles. The average molecular weight is 311 g/mol. The van der Waals surface area contributed by atoms with Crippen molar-refractivity contribution in [2.75, 3.05) is 0 Å². The third-order valence-electron chi connectivity index (χ3n) is 2.09. The normalized spacial score (nSPS) is 14.4. The smallest absolute Gasteiger partial charge is 0.306 e. The maximum absolute atomic E-state index is 13.4. The van der Waals surface area contributed by atoms with E-state index in [1.807, 2.05) is 0 Å². The largest absolute Gasteiger partial charge is 0.481 e. The summed E-state index contributed by atoms with van der Waals surface area (Å²) < 4.78 is 26.9. The number of aliphatic hydroxyl groups excluding tert-OH is 2. The second-order valence-electron chi connectivity index (χ2n) is 3.39. The molecule has 0 aliphatic rings. The number of hydrogen-bond acceptors (Lipinski definition) is 3.